The number of hydrogen-bond donors (Lipinski definition) is 1. The molecule has 1 N–H and O–H groups in total. The molecule has 2 aromatic rings. The molecule has 0 radical (unpaired) electrons. The van der Waals surface area contributed by atoms with Crippen molar-refractivity contribution < 1.29 is 9.90 Å². The Bertz CT molecular complexity index is 563. The third kappa shape index (κ3) is 3.93. The lowest BCUT2D eigenvalue weighted by Crippen LogP contribution is -2.37. The van der Waals surface area contributed by atoms with Gasteiger partial charge < -0.3 is 10.0 Å². The second kappa shape index (κ2) is 7.38. The molecule has 3 nitrogen and oxygen atoms in total. The van der Waals surface area contributed by atoms with Crippen molar-refractivity contribution in [1.82, 2.24) is 4.90 Å². The predicted molar refractivity (Wildman–Crippen MR) is 86.3 cm³/mol. The maximum atomic E-state index is 12.7. The minimum absolute atomic E-state index is 0.00154. The smallest absolute Gasteiger partial charge is 0.254 e. The van der Waals surface area contributed by atoms with E-state index in [4.69, 9.17) is 5.11 Å². The van der Waals surface area contributed by atoms with Crippen LogP contribution in [0.15, 0.2) is 41.1 Å². The summed E-state index contributed by atoms with van der Waals surface area (Å²) in [5, 5.41) is 13.2. The van der Waals surface area contributed by atoms with Crippen LogP contribution >= 0.6 is 11.3 Å². The Morgan fingerprint density at radius 1 is 1.24 bits per heavy atom. The third-order valence-electron chi connectivity index (χ3n) is 3.70. The Morgan fingerprint density at radius 3 is 2.48 bits per heavy atom. The zero-order valence-electron chi connectivity index (χ0n) is 12.5. The van der Waals surface area contributed by atoms with Crippen LogP contribution in [0.2, 0.25) is 0 Å². The zero-order chi connectivity index (χ0) is 15.2. The highest BCUT2D eigenvalue weighted by molar-refractivity contribution is 7.07. The first kappa shape index (κ1) is 15.7. The van der Waals surface area contributed by atoms with Gasteiger partial charge in [0.05, 0.1) is 6.61 Å². The lowest BCUT2D eigenvalue weighted by atomic mass is 10.1. The highest BCUT2D eigenvalue weighted by Crippen LogP contribution is 2.17. The van der Waals surface area contributed by atoms with Gasteiger partial charge in [-0.1, -0.05) is 19.1 Å². The molecule has 2 rings (SSSR count). The number of hydrogen-bond acceptors (Lipinski definition) is 3. The second-order valence-corrected chi connectivity index (χ2v) is 5.96. The second-order valence-electron chi connectivity index (χ2n) is 5.18. The summed E-state index contributed by atoms with van der Waals surface area (Å²) in [7, 11) is 0. The van der Waals surface area contributed by atoms with Gasteiger partial charge in [-0.15, -0.1) is 0 Å². The summed E-state index contributed by atoms with van der Waals surface area (Å²) in [5.41, 5.74) is 2.66. The minimum Gasteiger partial charge on any atom is -0.392 e. The largest absolute Gasteiger partial charge is 0.392 e. The fourth-order valence-electron chi connectivity index (χ4n) is 2.15. The summed E-state index contributed by atoms with van der Waals surface area (Å²) in [6.45, 7) is 4.80. The third-order valence-corrected chi connectivity index (χ3v) is 4.43. The molecule has 0 spiro atoms. The number of rotatable bonds is 6. The first-order chi connectivity index (χ1) is 10.2. The average Bonchev–Trinajstić information content (AvgIpc) is 3.04. The molecule has 21 heavy (non-hydrogen) atoms. The van der Waals surface area contributed by atoms with Crippen molar-refractivity contribution in [2.45, 2.75) is 39.5 Å². The minimum atomic E-state index is -0.00154. The number of aliphatic hydroxyl groups is 1. The normalized spacial score (nSPS) is 12.1. The fourth-order valence-corrected chi connectivity index (χ4v) is 2.81. The molecule has 1 aromatic heterocycles. The van der Waals surface area contributed by atoms with E-state index in [0.29, 0.717) is 12.1 Å². The lowest BCUT2D eigenvalue weighted by molar-refractivity contribution is 0.0672. The van der Waals surface area contributed by atoms with Gasteiger partial charge in [0, 0.05) is 18.2 Å². The van der Waals surface area contributed by atoms with E-state index >= 15 is 0 Å². The fraction of sp³-hybridized carbons (Fsp3) is 0.353. The number of aliphatic hydroxyl groups excluding tert-OH is 1. The highest BCUT2D eigenvalue weighted by atomic mass is 32.1. The van der Waals surface area contributed by atoms with Crippen LogP contribution < -0.4 is 0 Å². The highest BCUT2D eigenvalue weighted by Gasteiger charge is 2.20. The van der Waals surface area contributed by atoms with Gasteiger partial charge in [-0.25, -0.2) is 0 Å². The topological polar surface area (TPSA) is 40.5 Å². The van der Waals surface area contributed by atoms with E-state index in [1.807, 2.05) is 10.3 Å². The Hall–Kier alpha value is -1.65. The molecule has 1 amide bonds. The first-order valence-corrected chi connectivity index (χ1v) is 8.11. The maximum absolute atomic E-state index is 12.7. The quantitative estimate of drug-likeness (QED) is 0.884. The van der Waals surface area contributed by atoms with Gasteiger partial charge in [0.1, 0.15) is 0 Å². The number of benzene rings is 1. The molecule has 1 heterocycles. The van der Waals surface area contributed by atoms with Gasteiger partial charge in [-0.05, 0) is 53.4 Å². The van der Waals surface area contributed by atoms with Crippen LogP contribution in [-0.2, 0) is 13.2 Å². The molecule has 0 aliphatic rings. The van der Waals surface area contributed by atoms with Crippen molar-refractivity contribution in [3.05, 3.63) is 57.8 Å². The molecule has 0 unspecified atom stereocenters. The summed E-state index contributed by atoms with van der Waals surface area (Å²) >= 11 is 1.65. The summed E-state index contributed by atoms with van der Waals surface area (Å²) in [5.74, 6) is 0.0417. The molecule has 1 atom stereocenters. The van der Waals surface area contributed by atoms with Crippen LogP contribution in [0, 0.1) is 0 Å². The van der Waals surface area contributed by atoms with Crippen LogP contribution in [0.25, 0.3) is 0 Å². The van der Waals surface area contributed by atoms with E-state index in [2.05, 4.69) is 25.3 Å². The van der Waals surface area contributed by atoms with Crippen LogP contribution in [0.4, 0.5) is 0 Å². The molecule has 0 bridgehead atoms. The van der Waals surface area contributed by atoms with Gasteiger partial charge in [-0.3, -0.25) is 4.79 Å². The van der Waals surface area contributed by atoms with E-state index in [1.54, 1.807) is 35.6 Å². The average molecular weight is 303 g/mol. The molecule has 0 aliphatic carbocycles. The number of carbonyl (C=O) groups is 1. The lowest BCUT2D eigenvalue weighted by Gasteiger charge is -2.28. The SMILES string of the molecule is CC[C@@H](C)N(Cc1ccsc1)C(=O)c1ccc(CO)cc1. The molecule has 0 saturated carbocycles. The molecule has 0 saturated heterocycles. The Morgan fingerprint density at radius 2 is 1.95 bits per heavy atom. The van der Waals surface area contributed by atoms with E-state index in [1.165, 1.54) is 5.56 Å². The van der Waals surface area contributed by atoms with E-state index in [9.17, 15) is 4.79 Å². The summed E-state index contributed by atoms with van der Waals surface area (Å²) in [6, 6.07) is 9.42. The molecule has 112 valence electrons. The van der Waals surface area contributed by atoms with Crippen LogP contribution in [0.5, 0.6) is 0 Å². The summed E-state index contributed by atoms with van der Waals surface area (Å²) < 4.78 is 0. The Labute approximate surface area is 129 Å². The van der Waals surface area contributed by atoms with Crippen molar-refractivity contribution in [2.75, 3.05) is 0 Å². The molecule has 0 fully saturated rings. The van der Waals surface area contributed by atoms with Crippen LogP contribution in [-0.4, -0.2) is 22.0 Å². The number of nitrogens with zero attached hydrogens (tertiary/aromatic N) is 1. The van der Waals surface area contributed by atoms with Crippen molar-refractivity contribution in [3.8, 4) is 0 Å². The summed E-state index contributed by atoms with van der Waals surface area (Å²) in [6.07, 6.45) is 0.921. The maximum Gasteiger partial charge on any atom is 0.254 e. The van der Waals surface area contributed by atoms with Gasteiger partial charge in [0.2, 0.25) is 0 Å². The Kier molecular flexibility index (Phi) is 5.53. The van der Waals surface area contributed by atoms with E-state index < -0.39 is 0 Å². The predicted octanol–water partition coefficient (Wildman–Crippen LogP) is 3.68. The van der Waals surface area contributed by atoms with Crippen molar-refractivity contribution in [2.24, 2.45) is 0 Å². The molecule has 1 aromatic carbocycles. The number of carbonyl (C=O) groups excluding carboxylic acids is 1. The van der Waals surface area contributed by atoms with E-state index in [-0.39, 0.29) is 18.6 Å². The van der Waals surface area contributed by atoms with Gasteiger partial charge >= 0.3 is 0 Å². The monoisotopic (exact) mass is 303 g/mol. The Balaban J connectivity index is 2.20. The van der Waals surface area contributed by atoms with Crippen LogP contribution in [0.1, 0.15) is 41.8 Å². The zero-order valence-corrected chi connectivity index (χ0v) is 13.3. The standard InChI is InChI=1S/C17H21NO2S/c1-3-13(2)18(10-15-8-9-21-12-15)17(20)16-6-4-14(11-19)5-7-16/h4-9,12-13,19H,3,10-11H2,1-2H3/t13-/m1/s1. The van der Waals surface area contributed by atoms with E-state index in [0.717, 1.165) is 12.0 Å². The number of thiophene rings is 1. The number of amides is 1. The van der Waals surface area contributed by atoms with Crippen LogP contribution in [0.3, 0.4) is 0 Å². The van der Waals surface area contributed by atoms with Gasteiger partial charge in [-0.2, -0.15) is 11.3 Å². The molecular formula is C17H21NO2S. The van der Waals surface area contributed by atoms with Crippen molar-refractivity contribution in [1.29, 1.82) is 0 Å². The van der Waals surface area contributed by atoms with Crippen molar-refractivity contribution >= 4 is 17.2 Å². The molecule has 0 aliphatic heterocycles. The van der Waals surface area contributed by atoms with Crippen molar-refractivity contribution in [3.63, 3.8) is 0 Å². The van der Waals surface area contributed by atoms with Gasteiger partial charge in [0.15, 0.2) is 0 Å². The molecule has 4 heteroatoms. The summed E-state index contributed by atoms with van der Waals surface area (Å²) in [4.78, 5) is 14.7. The molecular weight excluding hydrogens is 282 g/mol. The first-order valence-electron chi connectivity index (χ1n) is 7.17. The van der Waals surface area contributed by atoms with Gasteiger partial charge in [0.25, 0.3) is 5.91 Å².